The maximum atomic E-state index is 12.3. The van der Waals surface area contributed by atoms with Gasteiger partial charge >= 0.3 is 0 Å². The second kappa shape index (κ2) is 6.98. The summed E-state index contributed by atoms with van der Waals surface area (Å²) in [5, 5.41) is 4.11. The first-order valence-electron chi connectivity index (χ1n) is 8.56. The maximum absolute atomic E-state index is 12.3. The molecule has 130 valence electrons. The second-order valence-electron chi connectivity index (χ2n) is 6.22. The lowest BCUT2D eigenvalue weighted by atomic mass is 10.0. The van der Waals surface area contributed by atoms with Gasteiger partial charge in [0.1, 0.15) is 11.6 Å². The Hall–Kier alpha value is -3.18. The van der Waals surface area contributed by atoms with Crippen molar-refractivity contribution in [2.75, 3.05) is 0 Å². The highest BCUT2D eigenvalue weighted by atomic mass is 16.3. The van der Waals surface area contributed by atoms with Gasteiger partial charge in [-0.1, -0.05) is 42.5 Å². The maximum Gasteiger partial charge on any atom is 0.258 e. The summed E-state index contributed by atoms with van der Waals surface area (Å²) >= 11 is 0. The van der Waals surface area contributed by atoms with E-state index in [2.05, 4.69) is 15.3 Å². The molecule has 0 bridgehead atoms. The molecule has 2 aromatic heterocycles. The Bertz CT molecular complexity index is 1060. The number of nitrogens with one attached hydrogen (secondary N) is 2. The molecular formula is C21H19N3O2. The average molecular weight is 345 g/mol. The van der Waals surface area contributed by atoms with Crippen molar-refractivity contribution in [2.24, 2.45) is 0 Å². The number of H-pyrrole nitrogens is 1. The summed E-state index contributed by atoms with van der Waals surface area (Å²) in [6.45, 7) is 1.98. The van der Waals surface area contributed by atoms with Crippen molar-refractivity contribution in [1.29, 1.82) is 0 Å². The molecule has 0 spiro atoms. The monoisotopic (exact) mass is 345 g/mol. The lowest BCUT2D eigenvalue weighted by Crippen LogP contribution is -2.28. The minimum atomic E-state index is -0.178. The number of nitrogens with zero attached hydrogens (tertiary/aromatic N) is 1. The summed E-state index contributed by atoms with van der Waals surface area (Å²) in [4.78, 5) is 19.9. The van der Waals surface area contributed by atoms with Crippen LogP contribution < -0.4 is 10.9 Å². The summed E-state index contributed by atoms with van der Waals surface area (Å²) in [6.07, 6.45) is 1.66. The first-order valence-corrected chi connectivity index (χ1v) is 8.56. The number of para-hydroxylation sites is 1. The van der Waals surface area contributed by atoms with E-state index in [4.69, 9.17) is 4.42 Å². The molecular weight excluding hydrogens is 326 g/mol. The van der Waals surface area contributed by atoms with E-state index in [9.17, 15) is 4.79 Å². The molecule has 4 rings (SSSR count). The molecule has 2 N–H and O–H groups in total. The van der Waals surface area contributed by atoms with Crippen molar-refractivity contribution in [3.05, 3.63) is 100 Å². The van der Waals surface area contributed by atoms with Crippen LogP contribution in [0.5, 0.6) is 0 Å². The van der Waals surface area contributed by atoms with E-state index < -0.39 is 0 Å². The van der Waals surface area contributed by atoms with Crippen molar-refractivity contribution in [1.82, 2.24) is 15.3 Å². The van der Waals surface area contributed by atoms with Crippen LogP contribution in [0.25, 0.3) is 10.9 Å². The fourth-order valence-corrected chi connectivity index (χ4v) is 3.08. The third kappa shape index (κ3) is 3.17. The number of benzene rings is 2. The number of hydrogen-bond donors (Lipinski definition) is 2. The molecule has 0 aliphatic rings. The molecule has 0 amide bonds. The molecule has 5 nitrogen and oxygen atoms in total. The van der Waals surface area contributed by atoms with Crippen LogP contribution in [0.2, 0.25) is 0 Å². The molecule has 0 saturated heterocycles. The number of aromatic nitrogens is 2. The van der Waals surface area contributed by atoms with Gasteiger partial charge in [-0.05, 0) is 36.8 Å². The van der Waals surface area contributed by atoms with Gasteiger partial charge in [0.05, 0.1) is 29.2 Å². The molecule has 0 saturated carbocycles. The van der Waals surface area contributed by atoms with Gasteiger partial charge in [-0.25, -0.2) is 4.98 Å². The van der Waals surface area contributed by atoms with Crippen molar-refractivity contribution >= 4 is 10.9 Å². The zero-order valence-electron chi connectivity index (χ0n) is 14.3. The third-order valence-corrected chi connectivity index (χ3v) is 4.42. The van der Waals surface area contributed by atoms with Crippen LogP contribution in [-0.2, 0) is 0 Å². The van der Waals surface area contributed by atoms with E-state index >= 15 is 0 Å². The van der Waals surface area contributed by atoms with E-state index in [0.29, 0.717) is 16.7 Å². The van der Waals surface area contributed by atoms with Gasteiger partial charge in [-0.3, -0.25) is 10.1 Å². The Balaban J connectivity index is 1.69. The normalized spacial score (nSPS) is 13.6. The Kier molecular flexibility index (Phi) is 4.37. The highest BCUT2D eigenvalue weighted by Crippen LogP contribution is 2.25. The number of fused-ring (bicyclic) bond motifs is 1. The minimum Gasteiger partial charge on any atom is -0.467 e. The molecule has 2 heterocycles. The average Bonchev–Trinajstić information content (AvgIpc) is 3.21. The first kappa shape index (κ1) is 16.3. The first-order chi connectivity index (χ1) is 12.7. The van der Waals surface area contributed by atoms with Crippen LogP contribution >= 0.6 is 0 Å². The second-order valence-corrected chi connectivity index (χ2v) is 6.22. The summed E-state index contributed by atoms with van der Waals surface area (Å²) < 4.78 is 5.63. The van der Waals surface area contributed by atoms with Gasteiger partial charge in [0.2, 0.25) is 0 Å². The number of aromatic amines is 1. The molecule has 4 aromatic rings. The predicted octanol–water partition coefficient (Wildman–Crippen LogP) is 3.96. The van der Waals surface area contributed by atoms with Gasteiger partial charge in [-0.2, -0.15) is 0 Å². The van der Waals surface area contributed by atoms with E-state index in [-0.39, 0.29) is 17.6 Å². The van der Waals surface area contributed by atoms with Crippen LogP contribution in [-0.4, -0.2) is 9.97 Å². The summed E-state index contributed by atoms with van der Waals surface area (Å²) in [6, 6.07) is 20.9. The van der Waals surface area contributed by atoms with Gasteiger partial charge in [-0.15, -0.1) is 0 Å². The Morgan fingerprint density at radius 3 is 2.54 bits per heavy atom. The zero-order chi connectivity index (χ0) is 17.9. The number of rotatable bonds is 5. The molecule has 0 fully saturated rings. The van der Waals surface area contributed by atoms with Crippen molar-refractivity contribution in [2.45, 2.75) is 19.0 Å². The van der Waals surface area contributed by atoms with Crippen molar-refractivity contribution in [3.8, 4) is 0 Å². The largest absolute Gasteiger partial charge is 0.467 e. The molecule has 0 aliphatic carbocycles. The zero-order valence-corrected chi connectivity index (χ0v) is 14.3. The number of furan rings is 1. The van der Waals surface area contributed by atoms with E-state index in [1.165, 1.54) is 0 Å². The number of hydrogen-bond acceptors (Lipinski definition) is 4. The van der Waals surface area contributed by atoms with Gasteiger partial charge in [0.25, 0.3) is 5.56 Å². The molecule has 0 unspecified atom stereocenters. The molecule has 2 atom stereocenters. The van der Waals surface area contributed by atoms with Gasteiger partial charge < -0.3 is 9.40 Å². The van der Waals surface area contributed by atoms with Crippen LogP contribution in [0.15, 0.2) is 82.2 Å². The fraction of sp³-hybridized carbons (Fsp3) is 0.143. The topological polar surface area (TPSA) is 70.9 Å². The predicted molar refractivity (Wildman–Crippen MR) is 101 cm³/mol. The van der Waals surface area contributed by atoms with Crippen LogP contribution in [0.4, 0.5) is 0 Å². The summed E-state index contributed by atoms with van der Waals surface area (Å²) in [7, 11) is 0. The van der Waals surface area contributed by atoms with Crippen LogP contribution in [0.3, 0.4) is 0 Å². The molecule has 26 heavy (non-hydrogen) atoms. The summed E-state index contributed by atoms with van der Waals surface area (Å²) in [5.41, 5.74) is 1.64. The quantitative estimate of drug-likeness (QED) is 0.574. The van der Waals surface area contributed by atoms with Crippen LogP contribution in [0, 0.1) is 0 Å². The lowest BCUT2D eigenvalue weighted by molar-refractivity contribution is 0.412. The van der Waals surface area contributed by atoms with E-state index in [1.54, 1.807) is 12.3 Å². The van der Waals surface area contributed by atoms with Crippen molar-refractivity contribution in [3.63, 3.8) is 0 Å². The highest BCUT2D eigenvalue weighted by Gasteiger charge is 2.21. The Labute approximate surface area is 150 Å². The van der Waals surface area contributed by atoms with Gasteiger partial charge in [0, 0.05) is 0 Å². The summed E-state index contributed by atoms with van der Waals surface area (Å²) in [5.74, 6) is 1.41. The standard InChI is InChI=1S/C21H19N3O2/c1-14(20-23-17-11-6-5-10-16(17)21(25)24-20)22-19(18-12-7-13-26-18)15-8-3-2-4-9-15/h2-14,19,22H,1H3,(H,23,24,25)/t14-,19+/m1/s1. The Morgan fingerprint density at radius 1 is 1.00 bits per heavy atom. The van der Waals surface area contributed by atoms with Gasteiger partial charge in [0.15, 0.2) is 0 Å². The smallest absolute Gasteiger partial charge is 0.258 e. The lowest BCUT2D eigenvalue weighted by Gasteiger charge is -2.22. The van der Waals surface area contributed by atoms with Crippen molar-refractivity contribution < 1.29 is 4.42 Å². The molecule has 0 radical (unpaired) electrons. The fourth-order valence-electron chi connectivity index (χ4n) is 3.08. The van der Waals surface area contributed by atoms with E-state index in [0.717, 1.165) is 11.3 Å². The SMILES string of the molecule is C[C@@H](N[C@@H](c1ccccc1)c1ccco1)c1nc2ccccc2c(=O)[nH]1. The molecule has 2 aromatic carbocycles. The third-order valence-electron chi connectivity index (χ3n) is 4.42. The van der Waals surface area contributed by atoms with E-state index in [1.807, 2.05) is 67.6 Å². The molecule has 0 aliphatic heterocycles. The molecule has 5 heteroatoms. The Morgan fingerprint density at radius 2 is 1.77 bits per heavy atom. The minimum absolute atomic E-state index is 0.131. The highest BCUT2D eigenvalue weighted by molar-refractivity contribution is 5.77. The van der Waals surface area contributed by atoms with Crippen LogP contribution in [0.1, 0.15) is 36.2 Å².